The van der Waals surface area contributed by atoms with Crippen LogP contribution in [0.5, 0.6) is 0 Å². The summed E-state index contributed by atoms with van der Waals surface area (Å²) in [6.07, 6.45) is 1.27. The van der Waals surface area contributed by atoms with Crippen molar-refractivity contribution in [1.82, 2.24) is 14.9 Å². The van der Waals surface area contributed by atoms with Crippen molar-refractivity contribution in [2.45, 2.75) is 16.8 Å². The van der Waals surface area contributed by atoms with Gasteiger partial charge in [0.2, 0.25) is 22.2 Å². The van der Waals surface area contributed by atoms with E-state index in [9.17, 15) is 8.42 Å². The summed E-state index contributed by atoms with van der Waals surface area (Å²) >= 11 is 0. The van der Waals surface area contributed by atoms with Gasteiger partial charge in [0.15, 0.2) is 0 Å². The van der Waals surface area contributed by atoms with E-state index in [4.69, 9.17) is 7.74 Å². The molecule has 0 atom stereocenters. The van der Waals surface area contributed by atoms with E-state index in [1.807, 2.05) is 0 Å². The van der Waals surface area contributed by atoms with Gasteiger partial charge in [-0.25, -0.2) is 8.42 Å². The summed E-state index contributed by atoms with van der Waals surface area (Å²) in [7, 11) is 2.72. The summed E-state index contributed by atoms with van der Waals surface area (Å²) < 4.78 is 25.6. The summed E-state index contributed by atoms with van der Waals surface area (Å²) in [5.41, 5.74) is 0.666. The molecule has 83 valence electrons. The van der Waals surface area contributed by atoms with E-state index >= 15 is 0 Å². The lowest BCUT2D eigenvalue weighted by Gasteiger charge is -2.03. The molecule has 8 heteroatoms. The second kappa shape index (κ2) is 4.37. The first-order valence-corrected chi connectivity index (χ1v) is 6.31. The minimum Gasteiger partial charge on any atom is -0.313 e. The molecular weight excluding hydrogens is 236 g/mol. The Morgan fingerprint density at radius 1 is 1.35 bits per heavy atom. The molecule has 0 aliphatic carbocycles. The van der Waals surface area contributed by atoms with E-state index in [-0.39, 0.29) is 9.92 Å². The summed E-state index contributed by atoms with van der Waals surface area (Å²) in [6.45, 7) is 1.73. The van der Waals surface area contributed by atoms with Crippen molar-refractivity contribution in [3.8, 4) is 0 Å². The van der Waals surface area contributed by atoms with Crippen LogP contribution in [0.1, 0.15) is 5.56 Å². The minimum absolute atomic E-state index is 0.117. The van der Waals surface area contributed by atoms with E-state index in [2.05, 4.69) is 10.3 Å². The van der Waals surface area contributed by atoms with Crippen molar-refractivity contribution in [2.24, 2.45) is 0 Å². The third-order valence-electron chi connectivity index (χ3n) is 2.30. The lowest BCUT2D eigenvalue weighted by molar-refractivity contribution is 0.591. The van der Waals surface area contributed by atoms with Crippen molar-refractivity contribution in [3.05, 3.63) is 36.0 Å². The first kappa shape index (κ1) is 11.9. The zero-order valence-electron chi connectivity index (χ0n) is 9.11. The van der Waals surface area contributed by atoms with E-state index in [1.54, 1.807) is 25.1 Å². The van der Waals surface area contributed by atoms with Crippen LogP contribution in [0.2, 0.25) is 0 Å². The maximum atomic E-state index is 12.2. The summed E-state index contributed by atoms with van der Waals surface area (Å²) in [5.74, 6) is 0. The fourth-order valence-corrected chi connectivity index (χ4v) is 2.79. The number of hydrogen-bond donors (Lipinski definition) is 0. The van der Waals surface area contributed by atoms with E-state index in [1.165, 1.54) is 12.3 Å². The third-order valence-corrected chi connectivity index (χ3v) is 4.08. The van der Waals surface area contributed by atoms with Crippen LogP contribution in [0.25, 0.3) is 0 Å². The van der Waals surface area contributed by atoms with Crippen molar-refractivity contribution in [3.63, 3.8) is 0 Å². The number of sulfone groups is 1. The molecule has 1 aromatic carbocycles. The molecule has 0 N–H and O–H groups in total. The Balaban J connectivity index is 2.54. The smallest absolute Gasteiger partial charge is 0.227 e. The number of nitrogens with zero attached hydrogens (tertiary/aromatic N) is 3. The molecule has 0 saturated carbocycles. The van der Waals surface area contributed by atoms with Gasteiger partial charge in [-0.2, -0.15) is 0 Å². The predicted molar refractivity (Wildman–Crippen MR) is 63.6 cm³/mol. The second-order valence-electron chi connectivity index (χ2n) is 3.45. The summed E-state index contributed by atoms with van der Waals surface area (Å²) in [4.78, 5) is 0.226. The van der Waals surface area contributed by atoms with Gasteiger partial charge in [-0.15, -0.1) is 5.10 Å². The SMILES string of the molecule is [B][B]n1cc(S(=O)(=O)c2ccccc2C)nn1. The highest BCUT2D eigenvalue weighted by Gasteiger charge is 2.22. The van der Waals surface area contributed by atoms with Gasteiger partial charge < -0.3 is 4.59 Å². The standard InChI is InChI=1S/C9H8B2N3O2S/c1-7-4-2-3-5-8(7)17(15,16)9-6-14(11-10)13-12-9/h2-6H,1H3. The first-order valence-electron chi connectivity index (χ1n) is 4.83. The average molecular weight is 244 g/mol. The van der Waals surface area contributed by atoms with Gasteiger partial charge in [-0.3, -0.25) is 0 Å². The lowest BCUT2D eigenvalue weighted by Crippen LogP contribution is -2.06. The maximum Gasteiger partial charge on any atom is 0.227 e. The molecule has 2 aromatic rings. The van der Waals surface area contributed by atoms with E-state index < -0.39 is 9.84 Å². The van der Waals surface area contributed by atoms with Crippen LogP contribution < -0.4 is 0 Å². The fourth-order valence-electron chi connectivity index (χ4n) is 1.43. The molecular formula is C9H8B2N3O2S. The number of hydrogen-bond acceptors (Lipinski definition) is 4. The number of aryl methyl sites for hydroxylation is 1. The van der Waals surface area contributed by atoms with Crippen LogP contribution in [-0.2, 0) is 9.84 Å². The zero-order valence-corrected chi connectivity index (χ0v) is 9.92. The molecule has 5 nitrogen and oxygen atoms in total. The van der Waals surface area contributed by atoms with Crippen LogP contribution in [0, 0.1) is 6.92 Å². The maximum absolute atomic E-state index is 12.2. The third kappa shape index (κ3) is 2.12. The highest BCUT2D eigenvalue weighted by atomic mass is 32.2. The predicted octanol–water partition coefficient (Wildman–Crippen LogP) is -0.0299. The largest absolute Gasteiger partial charge is 0.313 e. The average Bonchev–Trinajstić information content (AvgIpc) is 2.78. The molecule has 3 radical (unpaired) electrons. The zero-order chi connectivity index (χ0) is 12.5. The second-order valence-corrected chi connectivity index (χ2v) is 5.32. The van der Waals surface area contributed by atoms with Gasteiger partial charge >= 0.3 is 0 Å². The quantitative estimate of drug-likeness (QED) is 0.711. The molecule has 0 amide bonds. The van der Waals surface area contributed by atoms with Crippen LogP contribution in [0.4, 0.5) is 0 Å². The van der Waals surface area contributed by atoms with Gasteiger partial charge in [0.25, 0.3) is 0 Å². The molecule has 0 bridgehead atoms. The molecule has 0 aliphatic heterocycles. The van der Waals surface area contributed by atoms with Crippen molar-refractivity contribution < 1.29 is 8.42 Å². The van der Waals surface area contributed by atoms with Gasteiger partial charge in [0.05, 0.1) is 4.90 Å². The molecule has 0 spiro atoms. The topological polar surface area (TPSA) is 64.8 Å². The van der Waals surface area contributed by atoms with Crippen LogP contribution in [0.15, 0.2) is 40.4 Å². The van der Waals surface area contributed by atoms with Crippen molar-refractivity contribution in [2.75, 3.05) is 0 Å². The molecule has 1 aromatic heterocycles. The van der Waals surface area contributed by atoms with Gasteiger partial charge in [0, 0.05) is 13.9 Å². The Labute approximate surface area is 101 Å². The lowest BCUT2D eigenvalue weighted by atomic mass is 9.67. The van der Waals surface area contributed by atoms with Gasteiger partial charge in [-0.05, 0) is 18.6 Å². The van der Waals surface area contributed by atoms with E-state index in [0.29, 0.717) is 5.56 Å². The molecule has 1 heterocycles. The van der Waals surface area contributed by atoms with Crippen LogP contribution >= 0.6 is 0 Å². The Morgan fingerprint density at radius 2 is 2.06 bits per heavy atom. The number of aromatic nitrogens is 3. The van der Waals surface area contributed by atoms with E-state index in [0.717, 1.165) is 11.9 Å². The number of rotatable bonds is 3. The molecule has 2 rings (SSSR count). The molecule has 0 saturated heterocycles. The van der Waals surface area contributed by atoms with Crippen molar-refractivity contribution in [1.29, 1.82) is 0 Å². The molecule has 0 fully saturated rings. The normalized spacial score (nSPS) is 11.4. The minimum atomic E-state index is -3.63. The summed E-state index contributed by atoms with van der Waals surface area (Å²) in [6, 6.07) is 6.71. The molecule has 0 aliphatic rings. The molecule has 0 unspecified atom stereocenters. The van der Waals surface area contributed by atoms with Gasteiger partial charge in [-0.1, -0.05) is 23.4 Å². The monoisotopic (exact) mass is 244 g/mol. The number of benzene rings is 1. The van der Waals surface area contributed by atoms with Crippen LogP contribution in [-0.4, -0.2) is 38.4 Å². The molecule has 17 heavy (non-hydrogen) atoms. The Kier molecular flexibility index (Phi) is 3.06. The highest BCUT2D eigenvalue weighted by molar-refractivity contribution is 7.91. The van der Waals surface area contributed by atoms with Gasteiger partial charge in [0.1, 0.15) is 0 Å². The van der Waals surface area contributed by atoms with Crippen LogP contribution in [0.3, 0.4) is 0 Å². The summed E-state index contributed by atoms with van der Waals surface area (Å²) in [5, 5.41) is 7.04. The Hall–Kier alpha value is -1.56. The highest BCUT2D eigenvalue weighted by Crippen LogP contribution is 2.21. The Bertz CT molecular complexity index is 639. The first-order chi connectivity index (χ1) is 8.05. The van der Waals surface area contributed by atoms with Crippen molar-refractivity contribution >= 4 is 24.9 Å². The Morgan fingerprint density at radius 3 is 2.65 bits per heavy atom. The fraction of sp³-hybridized carbons (Fsp3) is 0.111.